The van der Waals surface area contributed by atoms with Crippen molar-refractivity contribution < 1.29 is 9.53 Å². The van der Waals surface area contributed by atoms with E-state index in [1.54, 1.807) is 0 Å². The number of carbonyl (C=O) groups is 1. The van der Waals surface area contributed by atoms with E-state index in [1.807, 2.05) is 12.1 Å². The summed E-state index contributed by atoms with van der Waals surface area (Å²) in [6.45, 7) is 4.70. The molecule has 4 rings (SSSR count). The van der Waals surface area contributed by atoms with Gasteiger partial charge in [-0.1, -0.05) is 18.2 Å². The molecule has 0 aromatic heterocycles. The third-order valence-electron chi connectivity index (χ3n) is 4.77. The Balaban J connectivity index is 1.76. The summed E-state index contributed by atoms with van der Waals surface area (Å²) >= 11 is 0. The fourth-order valence-corrected chi connectivity index (χ4v) is 3.51. The Labute approximate surface area is 136 Å². The lowest BCUT2D eigenvalue weighted by Gasteiger charge is -2.12. The number of ketones is 1. The molecule has 0 N–H and O–H groups in total. The number of nitrogens with zero attached hydrogens (tertiary/aromatic N) is 1. The summed E-state index contributed by atoms with van der Waals surface area (Å²) in [5.41, 5.74) is 4.92. The van der Waals surface area contributed by atoms with Gasteiger partial charge < -0.3 is 4.74 Å². The van der Waals surface area contributed by atoms with E-state index in [4.69, 9.17) is 4.74 Å². The average Bonchev–Trinajstić information content (AvgIpc) is 2.85. The lowest BCUT2D eigenvalue weighted by molar-refractivity contribution is 0.103. The van der Waals surface area contributed by atoms with Gasteiger partial charge in [0, 0.05) is 16.7 Å². The highest BCUT2D eigenvalue weighted by Crippen LogP contribution is 2.32. The largest absolute Gasteiger partial charge is 0.475 e. The molecule has 23 heavy (non-hydrogen) atoms. The summed E-state index contributed by atoms with van der Waals surface area (Å²) in [5.74, 6) is 0.851. The zero-order valence-corrected chi connectivity index (χ0v) is 13.7. The quantitative estimate of drug-likeness (QED) is 0.786. The number of hydrogen-bond acceptors (Lipinski definition) is 3. The molecule has 2 aliphatic carbocycles. The number of fused-ring (bicyclic) bond motifs is 1. The number of allylic oxidation sites excluding steroid dienone is 4. The Morgan fingerprint density at radius 1 is 1.17 bits per heavy atom. The lowest BCUT2D eigenvalue weighted by Crippen LogP contribution is -2.17. The molecule has 0 radical (unpaired) electrons. The van der Waals surface area contributed by atoms with Gasteiger partial charge in [0.25, 0.3) is 0 Å². The van der Waals surface area contributed by atoms with Crippen molar-refractivity contribution >= 4 is 11.7 Å². The second-order valence-electron chi connectivity index (χ2n) is 7.16. The Morgan fingerprint density at radius 2 is 2.04 bits per heavy atom. The number of aliphatic imine (C=N–C) groups is 1. The van der Waals surface area contributed by atoms with Crippen molar-refractivity contribution in [2.75, 3.05) is 6.61 Å². The van der Waals surface area contributed by atoms with Gasteiger partial charge in [-0.05, 0) is 62.8 Å². The highest BCUT2D eigenvalue weighted by Gasteiger charge is 2.29. The molecule has 1 aliphatic heterocycles. The van der Waals surface area contributed by atoms with Crippen LogP contribution in [0.5, 0.6) is 0 Å². The van der Waals surface area contributed by atoms with Crippen molar-refractivity contribution in [2.24, 2.45) is 4.99 Å². The minimum absolute atomic E-state index is 0.185. The van der Waals surface area contributed by atoms with E-state index < -0.39 is 0 Å². The van der Waals surface area contributed by atoms with Crippen LogP contribution >= 0.6 is 0 Å². The number of Topliss-reactive ketones (excluding diaryl/α,β-unsaturated/α-hetero) is 1. The van der Waals surface area contributed by atoms with Crippen LogP contribution < -0.4 is 0 Å². The number of ether oxygens (including phenoxy) is 1. The van der Waals surface area contributed by atoms with Gasteiger partial charge in [-0.25, -0.2) is 4.99 Å². The first-order chi connectivity index (χ1) is 11.0. The van der Waals surface area contributed by atoms with Crippen LogP contribution in [0.25, 0.3) is 0 Å². The predicted octanol–water partition coefficient (Wildman–Crippen LogP) is 4.02. The van der Waals surface area contributed by atoms with E-state index in [2.05, 4.69) is 37.1 Å². The molecule has 0 unspecified atom stereocenters. The van der Waals surface area contributed by atoms with Crippen LogP contribution in [-0.2, 0) is 11.2 Å². The molecule has 1 aromatic carbocycles. The van der Waals surface area contributed by atoms with Gasteiger partial charge in [0.1, 0.15) is 6.61 Å². The minimum Gasteiger partial charge on any atom is -0.475 e. The third kappa shape index (κ3) is 2.54. The van der Waals surface area contributed by atoms with Gasteiger partial charge in [-0.3, -0.25) is 4.79 Å². The maximum atomic E-state index is 13.0. The molecule has 118 valence electrons. The lowest BCUT2D eigenvalue weighted by atomic mass is 9.91. The highest BCUT2D eigenvalue weighted by atomic mass is 16.5. The van der Waals surface area contributed by atoms with Crippen molar-refractivity contribution in [3.05, 3.63) is 58.2 Å². The van der Waals surface area contributed by atoms with E-state index in [-0.39, 0.29) is 11.3 Å². The maximum Gasteiger partial charge on any atom is 0.216 e. The summed E-state index contributed by atoms with van der Waals surface area (Å²) < 4.78 is 5.73. The van der Waals surface area contributed by atoms with Gasteiger partial charge in [-0.15, -0.1) is 0 Å². The van der Waals surface area contributed by atoms with E-state index in [0.29, 0.717) is 12.5 Å². The van der Waals surface area contributed by atoms with Crippen LogP contribution in [0.4, 0.5) is 0 Å². The molecule has 0 saturated carbocycles. The molecular weight excluding hydrogens is 286 g/mol. The Hall–Kier alpha value is -2.16. The van der Waals surface area contributed by atoms with Gasteiger partial charge in [0.2, 0.25) is 5.90 Å². The fourth-order valence-electron chi connectivity index (χ4n) is 3.51. The molecule has 1 aromatic rings. The molecule has 0 fully saturated rings. The smallest absolute Gasteiger partial charge is 0.216 e. The molecular formula is C20H21NO2. The zero-order chi connectivity index (χ0) is 16.0. The third-order valence-corrected chi connectivity index (χ3v) is 4.77. The van der Waals surface area contributed by atoms with Crippen LogP contribution in [0.2, 0.25) is 0 Å². The molecule has 0 atom stereocenters. The summed E-state index contributed by atoms with van der Waals surface area (Å²) in [6, 6.07) is 6.08. The number of aryl methyl sites for hydroxylation is 1. The van der Waals surface area contributed by atoms with Crippen molar-refractivity contribution in [3.8, 4) is 0 Å². The summed E-state index contributed by atoms with van der Waals surface area (Å²) in [4.78, 5) is 17.6. The van der Waals surface area contributed by atoms with Crippen molar-refractivity contribution in [1.82, 2.24) is 0 Å². The maximum absolute atomic E-state index is 13.0. The number of rotatable bonds is 1. The molecule has 1 heterocycles. The Bertz CT molecular complexity index is 781. The summed E-state index contributed by atoms with van der Waals surface area (Å²) in [5, 5.41) is 0. The summed E-state index contributed by atoms with van der Waals surface area (Å²) in [7, 11) is 0. The van der Waals surface area contributed by atoms with Crippen LogP contribution in [0.3, 0.4) is 0 Å². The Morgan fingerprint density at radius 3 is 2.83 bits per heavy atom. The van der Waals surface area contributed by atoms with Crippen LogP contribution in [0.15, 0.2) is 46.5 Å². The van der Waals surface area contributed by atoms with E-state index in [1.165, 1.54) is 5.57 Å². The van der Waals surface area contributed by atoms with Gasteiger partial charge >= 0.3 is 0 Å². The highest BCUT2D eigenvalue weighted by molar-refractivity contribution is 6.12. The SMILES string of the molecule is CC1(C)COC(c2ccc3c(c2)C(=O)C2=C(C=CCC2)CC3)=N1. The van der Waals surface area contributed by atoms with E-state index in [9.17, 15) is 4.79 Å². The van der Waals surface area contributed by atoms with Crippen molar-refractivity contribution in [1.29, 1.82) is 0 Å². The second kappa shape index (κ2) is 5.19. The van der Waals surface area contributed by atoms with Crippen LogP contribution in [-0.4, -0.2) is 23.8 Å². The molecule has 3 heteroatoms. The summed E-state index contributed by atoms with van der Waals surface area (Å²) in [6.07, 6.45) is 8.01. The van der Waals surface area contributed by atoms with E-state index >= 15 is 0 Å². The first kappa shape index (κ1) is 14.4. The fraction of sp³-hybridized carbons (Fsp3) is 0.400. The van der Waals surface area contributed by atoms with Crippen molar-refractivity contribution in [2.45, 2.75) is 45.1 Å². The first-order valence-electron chi connectivity index (χ1n) is 8.33. The van der Waals surface area contributed by atoms with Gasteiger partial charge in [0.05, 0.1) is 5.54 Å². The van der Waals surface area contributed by atoms with E-state index in [0.717, 1.165) is 47.9 Å². The Kier molecular flexibility index (Phi) is 3.26. The van der Waals surface area contributed by atoms with Gasteiger partial charge in [-0.2, -0.15) is 0 Å². The molecule has 0 bridgehead atoms. The first-order valence-corrected chi connectivity index (χ1v) is 8.33. The zero-order valence-electron chi connectivity index (χ0n) is 13.7. The molecule has 0 spiro atoms. The average molecular weight is 307 g/mol. The molecule has 0 saturated heterocycles. The number of carbonyl (C=O) groups excluding carboxylic acids is 1. The van der Waals surface area contributed by atoms with Gasteiger partial charge in [0.15, 0.2) is 5.78 Å². The topological polar surface area (TPSA) is 38.7 Å². The second-order valence-corrected chi connectivity index (χ2v) is 7.16. The normalized spacial score (nSPS) is 22.2. The predicted molar refractivity (Wildman–Crippen MR) is 91.1 cm³/mol. The van der Waals surface area contributed by atoms with Crippen molar-refractivity contribution in [3.63, 3.8) is 0 Å². The van der Waals surface area contributed by atoms with Crippen LogP contribution in [0.1, 0.15) is 54.6 Å². The molecule has 0 amide bonds. The number of benzene rings is 1. The van der Waals surface area contributed by atoms with Crippen LogP contribution in [0, 0.1) is 0 Å². The molecule has 3 nitrogen and oxygen atoms in total. The number of hydrogen-bond donors (Lipinski definition) is 0. The molecule has 3 aliphatic rings. The standard InChI is InChI=1S/C20H21NO2/c1-20(2)12-23-19(21-20)15-10-9-14-8-7-13-5-3-4-6-16(13)18(22)17(14)11-15/h3,5,9-11H,4,6-8,12H2,1-2H3. The minimum atomic E-state index is -0.185. The monoisotopic (exact) mass is 307 g/mol.